The molecule has 2 aromatic carbocycles. The molecule has 1 atom stereocenters. The van der Waals surface area contributed by atoms with Crippen LogP contribution in [-0.2, 0) is 6.54 Å². The molecule has 0 aliphatic heterocycles. The lowest BCUT2D eigenvalue weighted by Crippen LogP contribution is -2.19. The van der Waals surface area contributed by atoms with E-state index >= 15 is 0 Å². The first-order valence-electron chi connectivity index (χ1n) is 6.68. The Hall–Kier alpha value is -1.51. The van der Waals surface area contributed by atoms with Crippen molar-refractivity contribution in [2.75, 3.05) is 13.7 Å². The molecule has 0 radical (unpaired) electrons. The molecule has 0 aliphatic carbocycles. The maximum Gasteiger partial charge on any atom is 0.118 e. The van der Waals surface area contributed by atoms with Crippen molar-refractivity contribution in [2.24, 2.45) is 0 Å². The fraction of sp³-hybridized carbons (Fsp3) is 0.294. The molecule has 0 spiro atoms. The second-order valence-corrected chi connectivity index (χ2v) is 4.79. The molecule has 0 amide bonds. The van der Waals surface area contributed by atoms with Crippen LogP contribution < -0.4 is 10.1 Å². The van der Waals surface area contributed by atoms with Gasteiger partial charge in [-0.15, -0.1) is 12.4 Å². The summed E-state index contributed by atoms with van der Waals surface area (Å²) < 4.78 is 5.15. The van der Waals surface area contributed by atoms with E-state index in [1.165, 1.54) is 11.1 Å². The van der Waals surface area contributed by atoms with Gasteiger partial charge in [-0.2, -0.15) is 0 Å². The second kappa shape index (κ2) is 8.62. The maximum atomic E-state index is 5.15. The van der Waals surface area contributed by atoms with Crippen molar-refractivity contribution in [3.63, 3.8) is 0 Å². The first kappa shape index (κ1) is 16.5. The van der Waals surface area contributed by atoms with Gasteiger partial charge in [0.1, 0.15) is 5.75 Å². The lowest BCUT2D eigenvalue weighted by Gasteiger charge is -2.13. The summed E-state index contributed by atoms with van der Waals surface area (Å²) in [7, 11) is 1.69. The minimum Gasteiger partial charge on any atom is -0.497 e. The Morgan fingerprint density at radius 2 is 1.65 bits per heavy atom. The van der Waals surface area contributed by atoms with Crippen LogP contribution in [0.1, 0.15) is 24.0 Å². The summed E-state index contributed by atoms with van der Waals surface area (Å²) >= 11 is 0. The second-order valence-electron chi connectivity index (χ2n) is 4.79. The molecule has 0 aromatic heterocycles. The van der Waals surface area contributed by atoms with Gasteiger partial charge in [0, 0.05) is 13.1 Å². The maximum absolute atomic E-state index is 5.15. The Kier molecular flexibility index (Phi) is 7.13. The van der Waals surface area contributed by atoms with Gasteiger partial charge in [0.25, 0.3) is 0 Å². The van der Waals surface area contributed by atoms with E-state index in [-0.39, 0.29) is 12.4 Å². The van der Waals surface area contributed by atoms with Crippen molar-refractivity contribution in [2.45, 2.75) is 19.4 Å². The highest BCUT2D eigenvalue weighted by Gasteiger charge is 2.03. The Morgan fingerprint density at radius 3 is 2.25 bits per heavy atom. The van der Waals surface area contributed by atoms with Gasteiger partial charge in [0.2, 0.25) is 0 Å². The van der Waals surface area contributed by atoms with E-state index in [1.54, 1.807) is 7.11 Å². The highest BCUT2D eigenvalue weighted by atomic mass is 35.5. The summed E-state index contributed by atoms with van der Waals surface area (Å²) in [5, 5.41) is 3.50. The van der Waals surface area contributed by atoms with E-state index in [4.69, 9.17) is 4.74 Å². The predicted molar refractivity (Wildman–Crippen MR) is 86.8 cm³/mol. The molecule has 0 bridgehead atoms. The molecule has 2 nitrogen and oxygen atoms in total. The number of benzene rings is 2. The van der Waals surface area contributed by atoms with Crippen LogP contribution in [0.25, 0.3) is 0 Å². The Balaban J connectivity index is 0.00000200. The third kappa shape index (κ3) is 4.87. The van der Waals surface area contributed by atoms with E-state index in [0.717, 1.165) is 18.8 Å². The predicted octanol–water partition coefficient (Wildman–Crippen LogP) is 4.01. The van der Waals surface area contributed by atoms with Crippen molar-refractivity contribution in [1.82, 2.24) is 5.32 Å². The largest absolute Gasteiger partial charge is 0.497 e. The zero-order chi connectivity index (χ0) is 13.5. The molecule has 3 heteroatoms. The van der Waals surface area contributed by atoms with Crippen molar-refractivity contribution < 1.29 is 4.74 Å². The third-order valence-electron chi connectivity index (χ3n) is 3.31. The fourth-order valence-electron chi connectivity index (χ4n) is 2.08. The van der Waals surface area contributed by atoms with Gasteiger partial charge in [-0.05, 0) is 29.2 Å². The number of nitrogens with one attached hydrogen (secondary N) is 1. The molecule has 2 aromatic rings. The molecular weight excluding hydrogens is 270 g/mol. The van der Waals surface area contributed by atoms with Crippen LogP contribution in [0.5, 0.6) is 5.75 Å². The Morgan fingerprint density at radius 1 is 1.00 bits per heavy atom. The summed E-state index contributed by atoms with van der Waals surface area (Å²) in [6, 6.07) is 18.8. The SMILES string of the molecule is COc1ccc(CNCC(C)c2ccccc2)cc1.Cl. The number of hydrogen-bond donors (Lipinski definition) is 1. The highest BCUT2D eigenvalue weighted by molar-refractivity contribution is 5.85. The minimum absolute atomic E-state index is 0. The molecule has 20 heavy (non-hydrogen) atoms. The number of methoxy groups -OCH3 is 1. The van der Waals surface area contributed by atoms with Crippen LogP contribution in [-0.4, -0.2) is 13.7 Å². The summed E-state index contributed by atoms with van der Waals surface area (Å²) in [5.74, 6) is 1.43. The molecule has 108 valence electrons. The van der Waals surface area contributed by atoms with Crippen LogP contribution in [0, 0.1) is 0 Å². The average Bonchev–Trinajstić information content (AvgIpc) is 2.49. The van der Waals surface area contributed by atoms with Gasteiger partial charge in [-0.1, -0.05) is 49.4 Å². The van der Waals surface area contributed by atoms with E-state index in [2.05, 4.69) is 54.7 Å². The zero-order valence-corrected chi connectivity index (χ0v) is 12.8. The monoisotopic (exact) mass is 291 g/mol. The van der Waals surface area contributed by atoms with Crippen LogP contribution in [0.15, 0.2) is 54.6 Å². The lowest BCUT2D eigenvalue weighted by atomic mass is 10.0. The van der Waals surface area contributed by atoms with Crippen LogP contribution in [0.4, 0.5) is 0 Å². The van der Waals surface area contributed by atoms with Crippen LogP contribution in [0.3, 0.4) is 0 Å². The van der Waals surface area contributed by atoms with Gasteiger partial charge in [-0.25, -0.2) is 0 Å². The molecule has 1 unspecified atom stereocenters. The molecular formula is C17H22ClNO. The van der Waals surface area contributed by atoms with Gasteiger partial charge in [0.15, 0.2) is 0 Å². The summed E-state index contributed by atoms with van der Waals surface area (Å²) in [4.78, 5) is 0. The van der Waals surface area contributed by atoms with Crippen LogP contribution >= 0.6 is 12.4 Å². The van der Waals surface area contributed by atoms with E-state index in [1.807, 2.05) is 12.1 Å². The van der Waals surface area contributed by atoms with Crippen LogP contribution in [0.2, 0.25) is 0 Å². The smallest absolute Gasteiger partial charge is 0.118 e. The normalized spacial score (nSPS) is 11.5. The van der Waals surface area contributed by atoms with Crippen molar-refractivity contribution >= 4 is 12.4 Å². The average molecular weight is 292 g/mol. The third-order valence-corrected chi connectivity index (χ3v) is 3.31. The Bertz CT molecular complexity index is 484. The van der Waals surface area contributed by atoms with Gasteiger partial charge in [0.05, 0.1) is 7.11 Å². The Labute approximate surface area is 127 Å². The number of hydrogen-bond acceptors (Lipinski definition) is 2. The summed E-state index contributed by atoms with van der Waals surface area (Å²) in [6.07, 6.45) is 0. The van der Waals surface area contributed by atoms with Crippen molar-refractivity contribution in [3.8, 4) is 5.75 Å². The first-order valence-corrected chi connectivity index (χ1v) is 6.68. The standard InChI is InChI=1S/C17H21NO.ClH/c1-14(16-6-4-3-5-7-16)12-18-13-15-8-10-17(19-2)11-9-15;/h3-11,14,18H,12-13H2,1-2H3;1H. The van der Waals surface area contributed by atoms with Gasteiger partial charge in [-0.3, -0.25) is 0 Å². The first-order chi connectivity index (χ1) is 9.29. The van der Waals surface area contributed by atoms with E-state index in [9.17, 15) is 0 Å². The molecule has 0 saturated carbocycles. The molecule has 1 N–H and O–H groups in total. The zero-order valence-electron chi connectivity index (χ0n) is 12.0. The van der Waals surface area contributed by atoms with Gasteiger partial charge >= 0.3 is 0 Å². The van der Waals surface area contributed by atoms with Crippen molar-refractivity contribution in [1.29, 1.82) is 0 Å². The minimum atomic E-state index is 0. The molecule has 2 rings (SSSR count). The molecule has 0 saturated heterocycles. The summed E-state index contributed by atoms with van der Waals surface area (Å²) in [6.45, 7) is 4.12. The number of ether oxygens (including phenoxy) is 1. The van der Waals surface area contributed by atoms with E-state index < -0.39 is 0 Å². The van der Waals surface area contributed by atoms with Crippen molar-refractivity contribution in [3.05, 3.63) is 65.7 Å². The topological polar surface area (TPSA) is 21.3 Å². The number of halogens is 1. The van der Waals surface area contributed by atoms with E-state index in [0.29, 0.717) is 5.92 Å². The lowest BCUT2D eigenvalue weighted by molar-refractivity contribution is 0.414. The molecule has 0 aliphatic rings. The summed E-state index contributed by atoms with van der Waals surface area (Å²) in [5.41, 5.74) is 2.66. The quantitative estimate of drug-likeness (QED) is 0.868. The van der Waals surface area contributed by atoms with Gasteiger partial charge < -0.3 is 10.1 Å². The molecule has 0 fully saturated rings. The molecule has 0 heterocycles. The highest BCUT2D eigenvalue weighted by Crippen LogP contribution is 2.14. The number of rotatable bonds is 6. The fourth-order valence-corrected chi connectivity index (χ4v) is 2.08.